The molecular weight excluding hydrogens is 418 g/mol. The number of aliphatic hydroxyl groups is 1. The van der Waals surface area contributed by atoms with E-state index in [1.807, 2.05) is 53.1 Å². The van der Waals surface area contributed by atoms with Gasteiger partial charge in [0, 0.05) is 30.7 Å². The van der Waals surface area contributed by atoms with Gasteiger partial charge < -0.3 is 25.2 Å². The Labute approximate surface area is 186 Å². The van der Waals surface area contributed by atoms with Crippen LogP contribution in [0.15, 0.2) is 53.3 Å². The van der Waals surface area contributed by atoms with Crippen molar-refractivity contribution in [3.05, 3.63) is 69.6 Å². The van der Waals surface area contributed by atoms with E-state index in [9.17, 15) is 9.90 Å². The molecule has 0 bridgehead atoms. The molecule has 3 aromatic rings. The van der Waals surface area contributed by atoms with Gasteiger partial charge in [0.05, 0.1) is 30.4 Å². The Morgan fingerprint density at radius 1 is 1.13 bits per heavy atom. The first kappa shape index (κ1) is 23.5. The molecule has 0 aliphatic carbocycles. The average Bonchev–Trinajstić information content (AvgIpc) is 3.09. The van der Waals surface area contributed by atoms with Gasteiger partial charge in [-0.25, -0.2) is 4.79 Å². The fourth-order valence-electron chi connectivity index (χ4n) is 4.21. The number of hydrogen-bond acceptors (Lipinski definition) is 4. The van der Waals surface area contributed by atoms with Gasteiger partial charge in [0.1, 0.15) is 0 Å². The van der Waals surface area contributed by atoms with Crippen molar-refractivity contribution in [2.45, 2.75) is 31.4 Å². The predicted octanol–water partition coefficient (Wildman–Crippen LogP) is 2.42. The maximum absolute atomic E-state index is 12.4. The molecule has 4 rings (SSSR count). The van der Waals surface area contributed by atoms with E-state index < -0.39 is 6.10 Å². The lowest BCUT2D eigenvalue weighted by Gasteiger charge is -2.33. The molecule has 168 valence electrons. The lowest BCUT2D eigenvalue weighted by Crippen LogP contribution is -2.41. The van der Waals surface area contributed by atoms with Crippen molar-refractivity contribution in [1.82, 2.24) is 14.5 Å². The molecule has 1 aliphatic heterocycles. The highest BCUT2D eigenvalue weighted by Gasteiger charge is 2.24. The molecule has 0 saturated carbocycles. The molecule has 1 fully saturated rings. The monoisotopic (exact) mass is 447 g/mol. The highest BCUT2D eigenvalue weighted by atomic mass is 35.5. The molecule has 8 heteroatoms. The third kappa shape index (κ3) is 5.96. The van der Waals surface area contributed by atoms with Crippen LogP contribution in [0.4, 0.5) is 0 Å². The number of fused-ring (bicyclic) bond motifs is 1. The number of benzene rings is 2. The van der Waals surface area contributed by atoms with Gasteiger partial charge in [-0.2, -0.15) is 0 Å². The van der Waals surface area contributed by atoms with Gasteiger partial charge in [-0.1, -0.05) is 35.9 Å². The number of imidazole rings is 1. The van der Waals surface area contributed by atoms with Gasteiger partial charge in [0.25, 0.3) is 0 Å². The molecule has 1 aromatic heterocycles. The van der Waals surface area contributed by atoms with Gasteiger partial charge >= 0.3 is 5.69 Å². The summed E-state index contributed by atoms with van der Waals surface area (Å²) in [7, 11) is 0. The van der Waals surface area contributed by atoms with Crippen LogP contribution in [0, 0.1) is 0 Å². The molecule has 7 nitrogen and oxygen atoms in total. The number of aromatic amines is 1. The first-order valence-electron chi connectivity index (χ1n) is 10.5. The Kier molecular flexibility index (Phi) is 8.28. The van der Waals surface area contributed by atoms with Crippen LogP contribution in [0.1, 0.15) is 24.4 Å². The number of halogens is 1. The first-order valence-corrected chi connectivity index (χ1v) is 10.9. The number of hydrogen-bond donors (Lipinski definition) is 2. The number of likely N-dealkylation sites (tertiary alicyclic amines) is 1. The van der Waals surface area contributed by atoms with Crippen LogP contribution in [-0.4, -0.2) is 64.0 Å². The molecule has 1 aliphatic rings. The van der Waals surface area contributed by atoms with Gasteiger partial charge in [-0.05, 0) is 49.1 Å². The van der Waals surface area contributed by atoms with Crippen LogP contribution < -0.4 is 5.69 Å². The van der Waals surface area contributed by atoms with E-state index in [4.69, 9.17) is 16.3 Å². The molecule has 1 unspecified atom stereocenters. The molecule has 4 N–H and O–H groups in total. The standard InChI is InChI=1S/C23H28ClN3O3.H2O/c24-18-7-5-17(6-8-18)11-14-30-16-20(28)15-26-12-9-19(10-13-26)27-22-4-2-1-3-21(22)25-23(27)29;/h1-8,19-20,28H,9-16H2,(H,25,29);1H2. The minimum absolute atomic E-state index is 0. The molecule has 2 heterocycles. The van der Waals surface area contributed by atoms with Crippen LogP contribution >= 0.6 is 11.6 Å². The van der Waals surface area contributed by atoms with Crippen LogP contribution in [0.2, 0.25) is 5.02 Å². The Bertz CT molecular complexity index is 1010. The zero-order valence-corrected chi connectivity index (χ0v) is 18.2. The van der Waals surface area contributed by atoms with Crippen LogP contribution in [0.5, 0.6) is 0 Å². The number of nitrogens with one attached hydrogen (secondary N) is 1. The normalized spacial score (nSPS) is 16.3. The van der Waals surface area contributed by atoms with E-state index in [0.29, 0.717) is 19.8 Å². The largest absolute Gasteiger partial charge is 0.412 e. The Morgan fingerprint density at radius 2 is 1.84 bits per heavy atom. The van der Waals surface area contributed by atoms with Gasteiger partial charge in [-0.3, -0.25) is 4.57 Å². The van der Waals surface area contributed by atoms with Crippen molar-refractivity contribution in [3.63, 3.8) is 0 Å². The predicted molar refractivity (Wildman–Crippen MR) is 123 cm³/mol. The minimum atomic E-state index is -0.512. The fraction of sp³-hybridized carbons (Fsp3) is 0.435. The summed E-state index contributed by atoms with van der Waals surface area (Å²) in [6, 6.07) is 15.7. The minimum Gasteiger partial charge on any atom is -0.412 e. The summed E-state index contributed by atoms with van der Waals surface area (Å²) in [5, 5.41) is 11.1. The smallest absolute Gasteiger partial charge is 0.326 e. The van der Waals surface area contributed by atoms with E-state index in [-0.39, 0.29) is 17.2 Å². The molecule has 1 atom stereocenters. The van der Waals surface area contributed by atoms with Crippen molar-refractivity contribution < 1.29 is 15.3 Å². The maximum atomic E-state index is 12.4. The van der Waals surface area contributed by atoms with E-state index in [2.05, 4.69) is 9.88 Å². The Balaban J connectivity index is 0.00000272. The van der Waals surface area contributed by atoms with Crippen LogP contribution in [0.25, 0.3) is 11.0 Å². The van der Waals surface area contributed by atoms with E-state index in [0.717, 1.165) is 48.4 Å². The maximum Gasteiger partial charge on any atom is 0.326 e. The molecule has 0 spiro atoms. The molecule has 0 amide bonds. The summed E-state index contributed by atoms with van der Waals surface area (Å²) in [5.74, 6) is 0. The van der Waals surface area contributed by atoms with Crippen molar-refractivity contribution in [2.75, 3.05) is 32.8 Å². The zero-order chi connectivity index (χ0) is 20.9. The number of ether oxygens (including phenoxy) is 1. The van der Waals surface area contributed by atoms with Gasteiger partial charge in [0.15, 0.2) is 0 Å². The molecule has 31 heavy (non-hydrogen) atoms. The molecule has 1 saturated heterocycles. The molecular formula is C23H30ClN3O4. The van der Waals surface area contributed by atoms with Crippen molar-refractivity contribution in [2.24, 2.45) is 0 Å². The Morgan fingerprint density at radius 3 is 2.58 bits per heavy atom. The summed E-state index contributed by atoms with van der Waals surface area (Å²) in [5.41, 5.74) is 2.98. The zero-order valence-electron chi connectivity index (χ0n) is 17.5. The quantitative estimate of drug-likeness (QED) is 0.517. The number of β-amino-alcohol motifs (C(OH)–C–C–N with tert-alkyl or cyclic N) is 1. The second kappa shape index (κ2) is 10.9. The third-order valence-electron chi connectivity index (χ3n) is 5.77. The van der Waals surface area contributed by atoms with Gasteiger partial charge in [-0.15, -0.1) is 0 Å². The van der Waals surface area contributed by atoms with Crippen molar-refractivity contribution >= 4 is 22.6 Å². The van der Waals surface area contributed by atoms with Crippen LogP contribution in [0.3, 0.4) is 0 Å². The average molecular weight is 448 g/mol. The molecule has 0 radical (unpaired) electrons. The van der Waals surface area contributed by atoms with Crippen LogP contribution in [-0.2, 0) is 11.2 Å². The summed E-state index contributed by atoms with van der Waals surface area (Å²) in [4.78, 5) is 17.6. The lowest BCUT2D eigenvalue weighted by molar-refractivity contribution is 0.0120. The number of rotatable bonds is 8. The second-order valence-electron chi connectivity index (χ2n) is 7.95. The van der Waals surface area contributed by atoms with E-state index >= 15 is 0 Å². The third-order valence-corrected chi connectivity index (χ3v) is 6.03. The summed E-state index contributed by atoms with van der Waals surface area (Å²) in [6.45, 7) is 3.22. The summed E-state index contributed by atoms with van der Waals surface area (Å²) in [6.07, 6.45) is 2.08. The highest BCUT2D eigenvalue weighted by molar-refractivity contribution is 6.30. The molecule has 2 aromatic carbocycles. The summed E-state index contributed by atoms with van der Waals surface area (Å²) < 4.78 is 7.55. The number of nitrogens with zero attached hydrogens (tertiary/aromatic N) is 2. The number of aliphatic hydroxyl groups excluding tert-OH is 1. The number of para-hydroxylation sites is 2. The van der Waals surface area contributed by atoms with Gasteiger partial charge in [0.2, 0.25) is 0 Å². The fourth-order valence-corrected chi connectivity index (χ4v) is 4.33. The van der Waals surface area contributed by atoms with Crippen molar-refractivity contribution in [1.29, 1.82) is 0 Å². The SMILES string of the molecule is O.O=c1[nH]c2ccccc2n1C1CCN(CC(O)COCCc2ccc(Cl)cc2)CC1. The lowest BCUT2D eigenvalue weighted by atomic mass is 10.0. The topological polar surface area (TPSA) is 102 Å². The van der Waals surface area contributed by atoms with E-state index in [1.165, 1.54) is 5.56 Å². The van der Waals surface area contributed by atoms with E-state index in [1.54, 1.807) is 0 Å². The van der Waals surface area contributed by atoms with Crippen molar-refractivity contribution in [3.8, 4) is 0 Å². The first-order chi connectivity index (χ1) is 14.6. The Hall–Kier alpha value is -2.16. The highest BCUT2D eigenvalue weighted by Crippen LogP contribution is 2.24. The number of aromatic nitrogens is 2. The number of H-pyrrole nitrogens is 1. The second-order valence-corrected chi connectivity index (χ2v) is 8.39. The number of piperidine rings is 1. The summed E-state index contributed by atoms with van der Waals surface area (Å²) >= 11 is 5.89.